The maximum Gasteiger partial charge on any atom is 0.0309 e. The van der Waals surface area contributed by atoms with Crippen molar-refractivity contribution >= 4 is 0 Å². The van der Waals surface area contributed by atoms with E-state index in [9.17, 15) is 0 Å². The second kappa shape index (κ2) is 5.50. The summed E-state index contributed by atoms with van der Waals surface area (Å²) in [6.45, 7) is 8.30. The van der Waals surface area contributed by atoms with Gasteiger partial charge < -0.3 is 5.32 Å². The van der Waals surface area contributed by atoms with E-state index in [2.05, 4.69) is 54.4 Å². The van der Waals surface area contributed by atoms with Crippen molar-refractivity contribution in [3.63, 3.8) is 0 Å². The topological polar surface area (TPSA) is 15.3 Å². The number of piperazine rings is 1. The van der Waals surface area contributed by atoms with Crippen LogP contribution in [0, 0.1) is 0 Å². The van der Waals surface area contributed by atoms with E-state index in [-0.39, 0.29) is 5.54 Å². The zero-order valence-electron chi connectivity index (χ0n) is 13.0. The molecular formula is C18H28N2. The van der Waals surface area contributed by atoms with E-state index in [1.165, 1.54) is 50.8 Å². The van der Waals surface area contributed by atoms with Crippen LogP contribution in [0.1, 0.15) is 45.1 Å². The highest BCUT2D eigenvalue weighted by molar-refractivity contribution is 5.15. The number of rotatable bonds is 3. The number of hydrogen-bond acceptors (Lipinski definition) is 2. The van der Waals surface area contributed by atoms with Crippen LogP contribution in [0.15, 0.2) is 30.3 Å². The first-order valence-corrected chi connectivity index (χ1v) is 8.14. The van der Waals surface area contributed by atoms with Gasteiger partial charge in [0.05, 0.1) is 0 Å². The fourth-order valence-electron chi connectivity index (χ4n) is 3.83. The SMILES string of the molecule is CC1(C)CNC2(CCCC2)CN1CCc1ccccc1. The van der Waals surface area contributed by atoms with Gasteiger partial charge in [-0.1, -0.05) is 43.2 Å². The van der Waals surface area contributed by atoms with Crippen LogP contribution in [-0.2, 0) is 6.42 Å². The summed E-state index contributed by atoms with van der Waals surface area (Å²) in [5.74, 6) is 0. The third kappa shape index (κ3) is 2.91. The molecule has 0 radical (unpaired) electrons. The van der Waals surface area contributed by atoms with Crippen molar-refractivity contribution in [2.45, 2.75) is 57.0 Å². The molecule has 110 valence electrons. The molecule has 1 heterocycles. The zero-order chi connectivity index (χ0) is 14.1. The lowest BCUT2D eigenvalue weighted by molar-refractivity contribution is 0.0293. The summed E-state index contributed by atoms with van der Waals surface area (Å²) < 4.78 is 0. The van der Waals surface area contributed by atoms with Crippen LogP contribution in [0.2, 0.25) is 0 Å². The van der Waals surface area contributed by atoms with Crippen molar-refractivity contribution in [3.05, 3.63) is 35.9 Å². The molecule has 2 fully saturated rings. The molecule has 3 rings (SSSR count). The van der Waals surface area contributed by atoms with Crippen molar-refractivity contribution < 1.29 is 0 Å². The Kier molecular flexibility index (Phi) is 3.87. The molecule has 1 N–H and O–H groups in total. The van der Waals surface area contributed by atoms with E-state index in [1.807, 2.05) is 0 Å². The summed E-state index contributed by atoms with van der Waals surface area (Å²) in [6.07, 6.45) is 6.70. The van der Waals surface area contributed by atoms with Gasteiger partial charge in [-0.15, -0.1) is 0 Å². The van der Waals surface area contributed by atoms with Gasteiger partial charge in [0, 0.05) is 30.7 Å². The number of benzene rings is 1. The van der Waals surface area contributed by atoms with Crippen LogP contribution < -0.4 is 5.32 Å². The van der Waals surface area contributed by atoms with Gasteiger partial charge in [0.15, 0.2) is 0 Å². The highest BCUT2D eigenvalue weighted by Gasteiger charge is 2.43. The predicted octanol–water partition coefficient (Wildman–Crippen LogP) is 3.23. The highest BCUT2D eigenvalue weighted by atomic mass is 15.3. The van der Waals surface area contributed by atoms with Gasteiger partial charge in [-0.3, -0.25) is 4.90 Å². The third-order valence-electron chi connectivity index (χ3n) is 5.32. The van der Waals surface area contributed by atoms with Gasteiger partial charge in [0.2, 0.25) is 0 Å². The molecular weight excluding hydrogens is 244 g/mol. The molecule has 0 aromatic heterocycles. The van der Waals surface area contributed by atoms with Crippen molar-refractivity contribution in [1.29, 1.82) is 0 Å². The van der Waals surface area contributed by atoms with Gasteiger partial charge in [-0.05, 0) is 38.7 Å². The molecule has 1 aromatic rings. The van der Waals surface area contributed by atoms with E-state index >= 15 is 0 Å². The lowest BCUT2D eigenvalue weighted by Gasteiger charge is -2.51. The molecule has 2 nitrogen and oxygen atoms in total. The summed E-state index contributed by atoms with van der Waals surface area (Å²) in [6, 6.07) is 10.9. The van der Waals surface area contributed by atoms with Crippen LogP contribution in [0.3, 0.4) is 0 Å². The Morgan fingerprint density at radius 2 is 1.80 bits per heavy atom. The molecule has 2 aliphatic rings. The van der Waals surface area contributed by atoms with Gasteiger partial charge in [-0.2, -0.15) is 0 Å². The van der Waals surface area contributed by atoms with Crippen LogP contribution in [0.25, 0.3) is 0 Å². The zero-order valence-corrected chi connectivity index (χ0v) is 13.0. The van der Waals surface area contributed by atoms with Gasteiger partial charge in [-0.25, -0.2) is 0 Å². The summed E-state index contributed by atoms with van der Waals surface area (Å²) in [5, 5.41) is 3.87. The van der Waals surface area contributed by atoms with Crippen LogP contribution in [-0.4, -0.2) is 35.6 Å². The maximum atomic E-state index is 3.87. The molecule has 20 heavy (non-hydrogen) atoms. The summed E-state index contributed by atoms with van der Waals surface area (Å²) in [4.78, 5) is 2.72. The minimum atomic E-state index is 0.280. The Hall–Kier alpha value is -0.860. The summed E-state index contributed by atoms with van der Waals surface area (Å²) in [7, 11) is 0. The van der Waals surface area contributed by atoms with E-state index in [1.54, 1.807) is 0 Å². The number of hydrogen-bond donors (Lipinski definition) is 1. The van der Waals surface area contributed by atoms with E-state index in [0.29, 0.717) is 5.54 Å². The van der Waals surface area contributed by atoms with E-state index in [0.717, 1.165) is 6.54 Å². The van der Waals surface area contributed by atoms with Gasteiger partial charge in [0.25, 0.3) is 0 Å². The third-order valence-corrected chi connectivity index (χ3v) is 5.32. The normalized spacial score (nSPS) is 25.1. The fourth-order valence-corrected chi connectivity index (χ4v) is 3.83. The van der Waals surface area contributed by atoms with Crippen molar-refractivity contribution in [2.24, 2.45) is 0 Å². The Morgan fingerprint density at radius 1 is 1.10 bits per heavy atom. The average molecular weight is 272 g/mol. The lowest BCUT2D eigenvalue weighted by Crippen LogP contribution is -2.67. The molecule has 1 aromatic carbocycles. The monoisotopic (exact) mass is 272 g/mol. The molecule has 1 spiro atoms. The minimum absolute atomic E-state index is 0.280. The molecule has 1 aliphatic heterocycles. The molecule has 2 heteroatoms. The second-order valence-corrected chi connectivity index (χ2v) is 7.31. The first-order valence-electron chi connectivity index (χ1n) is 8.14. The molecule has 0 bridgehead atoms. The lowest BCUT2D eigenvalue weighted by atomic mass is 9.87. The molecule has 1 saturated carbocycles. The molecule has 1 saturated heterocycles. The van der Waals surface area contributed by atoms with Crippen molar-refractivity contribution in [3.8, 4) is 0 Å². The Morgan fingerprint density at radius 3 is 2.50 bits per heavy atom. The van der Waals surface area contributed by atoms with Crippen molar-refractivity contribution in [2.75, 3.05) is 19.6 Å². The predicted molar refractivity (Wildman–Crippen MR) is 85.0 cm³/mol. The minimum Gasteiger partial charge on any atom is -0.308 e. The molecule has 0 atom stereocenters. The van der Waals surface area contributed by atoms with Crippen LogP contribution in [0.4, 0.5) is 0 Å². The van der Waals surface area contributed by atoms with Gasteiger partial charge >= 0.3 is 0 Å². The first-order chi connectivity index (χ1) is 9.60. The van der Waals surface area contributed by atoms with E-state index < -0.39 is 0 Å². The summed E-state index contributed by atoms with van der Waals surface area (Å²) in [5.41, 5.74) is 2.16. The molecule has 1 aliphatic carbocycles. The number of nitrogens with one attached hydrogen (secondary N) is 1. The maximum absolute atomic E-state index is 3.87. The quantitative estimate of drug-likeness (QED) is 0.909. The number of nitrogens with zero attached hydrogens (tertiary/aromatic N) is 1. The van der Waals surface area contributed by atoms with Crippen molar-refractivity contribution in [1.82, 2.24) is 10.2 Å². The highest BCUT2D eigenvalue weighted by Crippen LogP contribution is 2.35. The Bertz CT molecular complexity index is 432. The van der Waals surface area contributed by atoms with E-state index in [4.69, 9.17) is 0 Å². The molecule has 0 amide bonds. The van der Waals surface area contributed by atoms with Crippen LogP contribution in [0.5, 0.6) is 0 Å². The van der Waals surface area contributed by atoms with Crippen LogP contribution >= 0.6 is 0 Å². The smallest absolute Gasteiger partial charge is 0.0309 e. The fraction of sp³-hybridized carbons (Fsp3) is 0.667. The first kappa shape index (κ1) is 14.1. The van der Waals surface area contributed by atoms with Gasteiger partial charge in [0.1, 0.15) is 0 Å². The molecule has 0 unspecified atom stereocenters. The average Bonchev–Trinajstić information content (AvgIpc) is 2.90. The largest absolute Gasteiger partial charge is 0.308 e. The second-order valence-electron chi connectivity index (χ2n) is 7.31. The summed E-state index contributed by atoms with van der Waals surface area (Å²) >= 11 is 0. The standard InChI is InChI=1S/C18H28N2/c1-17(2)14-19-18(11-6-7-12-18)15-20(17)13-10-16-8-4-3-5-9-16/h3-5,8-9,19H,6-7,10-15H2,1-2H3. The Balaban J connectivity index is 1.65. The Labute approximate surface area is 123 Å².